The lowest BCUT2D eigenvalue weighted by atomic mass is 9.81. The number of carbonyl (C=O) groups is 1. The van der Waals surface area contributed by atoms with Gasteiger partial charge in [-0.2, -0.15) is 0 Å². The van der Waals surface area contributed by atoms with Gasteiger partial charge in [0.2, 0.25) is 5.91 Å². The van der Waals surface area contributed by atoms with E-state index in [4.69, 9.17) is 19.2 Å². The Morgan fingerprint density at radius 3 is 2.57 bits per heavy atom. The summed E-state index contributed by atoms with van der Waals surface area (Å²) in [6, 6.07) is 4.43. The number of aromatic nitrogens is 2. The number of rotatable bonds is 4. The Kier molecular flexibility index (Phi) is 6.62. The van der Waals surface area contributed by atoms with E-state index >= 15 is 0 Å². The Balaban J connectivity index is 1.03. The zero-order valence-electron chi connectivity index (χ0n) is 25.0. The molecular weight excluding hydrogens is 570 g/mol. The predicted octanol–water partition coefficient (Wildman–Crippen LogP) is 3.14. The van der Waals surface area contributed by atoms with Crippen LogP contribution in [0.3, 0.4) is 0 Å². The van der Waals surface area contributed by atoms with E-state index in [2.05, 4.69) is 33.2 Å². The molecule has 234 valence electrons. The number of pyridine rings is 2. The minimum absolute atomic E-state index is 0.0352. The molecule has 0 radical (unpaired) electrons. The molecule has 4 saturated heterocycles. The van der Waals surface area contributed by atoms with E-state index in [0.29, 0.717) is 70.3 Å². The van der Waals surface area contributed by atoms with Crippen molar-refractivity contribution in [2.75, 3.05) is 75.4 Å². The first-order chi connectivity index (χ1) is 21.3. The van der Waals surface area contributed by atoms with Crippen LogP contribution < -0.4 is 14.5 Å². The number of piperazine rings is 1. The molecule has 0 saturated carbocycles. The number of nitrogens with zero attached hydrogens (tertiary/aromatic N) is 6. The fourth-order valence-electron chi connectivity index (χ4n) is 8.28. The molecule has 1 amide bonds. The average molecular weight is 609 g/mol. The fraction of sp³-hybridized carbons (Fsp3) is 0.594. The molecule has 12 heteroatoms. The first-order valence-corrected chi connectivity index (χ1v) is 15.7. The summed E-state index contributed by atoms with van der Waals surface area (Å²) in [5.74, 6) is 0.731. The lowest BCUT2D eigenvalue weighted by Gasteiger charge is -2.54. The van der Waals surface area contributed by atoms with Gasteiger partial charge in [0.1, 0.15) is 11.4 Å². The van der Waals surface area contributed by atoms with Crippen LogP contribution in [0.4, 0.5) is 20.3 Å². The maximum absolute atomic E-state index is 14.5. The Morgan fingerprint density at radius 2 is 1.89 bits per heavy atom. The number of hydrogen-bond acceptors (Lipinski definition) is 9. The summed E-state index contributed by atoms with van der Waals surface area (Å²) in [5.41, 5.74) is 2.80. The second-order valence-corrected chi connectivity index (χ2v) is 12.9. The van der Waals surface area contributed by atoms with E-state index in [1.807, 2.05) is 23.2 Å². The third-order valence-electron chi connectivity index (χ3n) is 10.6. The normalized spacial score (nSPS) is 26.8. The zero-order chi connectivity index (χ0) is 30.2. The summed E-state index contributed by atoms with van der Waals surface area (Å²) in [4.78, 5) is 29.9. The third-order valence-corrected chi connectivity index (χ3v) is 10.6. The summed E-state index contributed by atoms with van der Waals surface area (Å²) in [7, 11) is 0. The van der Waals surface area contributed by atoms with E-state index < -0.39 is 17.6 Å². The second-order valence-electron chi connectivity index (χ2n) is 12.9. The van der Waals surface area contributed by atoms with Crippen LogP contribution in [0.1, 0.15) is 48.2 Å². The average Bonchev–Trinajstić information content (AvgIpc) is 3.22. The van der Waals surface area contributed by atoms with Crippen LogP contribution in [0.25, 0.3) is 0 Å². The Hall–Kier alpha value is -3.35. The molecule has 6 aliphatic heterocycles. The molecule has 2 spiro atoms. The summed E-state index contributed by atoms with van der Waals surface area (Å²) < 4.78 is 47.4. The van der Waals surface area contributed by atoms with Crippen LogP contribution in [-0.4, -0.2) is 103 Å². The van der Waals surface area contributed by atoms with Crippen molar-refractivity contribution in [2.45, 2.75) is 55.9 Å². The van der Waals surface area contributed by atoms with Crippen LogP contribution in [0.2, 0.25) is 0 Å². The molecule has 2 unspecified atom stereocenters. The van der Waals surface area contributed by atoms with Crippen LogP contribution in [-0.2, 0) is 25.5 Å². The predicted molar refractivity (Wildman–Crippen MR) is 158 cm³/mol. The highest BCUT2D eigenvalue weighted by atomic mass is 19.3. The van der Waals surface area contributed by atoms with Gasteiger partial charge in [-0.25, -0.2) is 13.8 Å². The highest BCUT2D eigenvalue weighted by Gasteiger charge is 2.59. The standard InChI is InChI=1S/C32H38F2N6O4/c1-3-25(41)39-13-11-37(12-14-39)23-17-40-21(23)5-15-43-28-22(40)16-24(36-27(28)30(33)34)38-9-6-31(7-10-38)26-20(2)4-8-35-29(26)32(44-31)18-42-19-32/h3-4,8,16,21,23,30H,1,5-7,9-15,17-19H2,2H3. The number of carbonyl (C=O) groups excluding carboxylic acids is 1. The maximum Gasteiger partial charge on any atom is 0.284 e. The van der Waals surface area contributed by atoms with Gasteiger partial charge in [0, 0.05) is 82.1 Å². The molecule has 8 heterocycles. The first-order valence-electron chi connectivity index (χ1n) is 15.7. The fourth-order valence-corrected chi connectivity index (χ4v) is 8.28. The number of aryl methyl sites for hydroxylation is 1. The lowest BCUT2D eigenvalue weighted by Crippen LogP contribution is -2.69. The molecule has 0 N–H and O–H groups in total. The van der Waals surface area contributed by atoms with Crippen LogP contribution >= 0.6 is 0 Å². The minimum Gasteiger partial charge on any atom is -0.489 e. The number of ether oxygens (including phenoxy) is 3. The summed E-state index contributed by atoms with van der Waals surface area (Å²) in [5, 5.41) is 0. The van der Waals surface area contributed by atoms with E-state index in [0.717, 1.165) is 31.7 Å². The van der Waals surface area contributed by atoms with Gasteiger partial charge in [-0.1, -0.05) is 6.58 Å². The first kappa shape index (κ1) is 28.1. The topological polar surface area (TPSA) is 83.5 Å². The smallest absolute Gasteiger partial charge is 0.284 e. The summed E-state index contributed by atoms with van der Waals surface area (Å²) >= 11 is 0. The molecule has 4 fully saturated rings. The molecule has 2 atom stereocenters. The maximum atomic E-state index is 14.5. The van der Waals surface area contributed by atoms with Crippen LogP contribution in [0, 0.1) is 6.92 Å². The molecule has 0 aromatic carbocycles. The van der Waals surface area contributed by atoms with E-state index in [1.165, 1.54) is 17.2 Å². The monoisotopic (exact) mass is 608 g/mol. The van der Waals surface area contributed by atoms with E-state index in [1.54, 1.807) is 0 Å². The molecule has 2 aromatic heterocycles. The molecule has 0 aliphatic carbocycles. The molecule has 10 nitrogen and oxygen atoms in total. The van der Waals surface area contributed by atoms with Crippen molar-refractivity contribution < 1.29 is 27.8 Å². The largest absolute Gasteiger partial charge is 0.489 e. The van der Waals surface area contributed by atoms with Gasteiger partial charge < -0.3 is 28.9 Å². The third kappa shape index (κ3) is 4.17. The van der Waals surface area contributed by atoms with Crippen molar-refractivity contribution in [3.05, 3.63) is 53.5 Å². The van der Waals surface area contributed by atoms with E-state index in [-0.39, 0.29) is 29.4 Å². The van der Waals surface area contributed by atoms with Crippen molar-refractivity contribution in [2.24, 2.45) is 0 Å². The number of alkyl halides is 2. The molecule has 8 rings (SSSR count). The Bertz CT molecular complexity index is 1490. The molecule has 44 heavy (non-hydrogen) atoms. The van der Waals surface area contributed by atoms with Gasteiger partial charge >= 0.3 is 0 Å². The molecule has 0 bridgehead atoms. The quantitative estimate of drug-likeness (QED) is 0.487. The van der Waals surface area contributed by atoms with Crippen molar-refractivity contribution in [3.8, 4) is 5.75 Å². The molecule has 6 aliphatic rings. The zero-order valence-corrected chi connectivity index (χ0v) is 25.0. The number of amides is 1. The summed E-state index contributed by atoms with van der Waals surface area (Å²) in [6.07, 6.45) is 2.62. The van der Waals surface area contributed by atoms with Gasteiger partial charge in [-0.15, -0.1) is 0 Å². The van der Waals surface area contributed by atoms with Crippen molar-refractivity contribution in [1.29, 1.82) is 0 Å². The SMILES string of the molecule is C=CC(=O)N1CCN(C2CN3c4cc(N5CCC6(CC5)OC5(COC5)c5nccc(C)c56)nc(C(F)F)c4OCCC23)CC1. The highest BCUT2D eigenvalue weighted by molar-refractivity contribution is 5.87. The number of fused-ring (bicyclic) bond motifs is 6. The van der Waals surface area contributed by atoms with E-state index in [9.17, 15) is 13.6 Å². The Labute approximate surface area is 255 Å². The van der Waals surface area contributed by atoms with Crippen molar-refractivity contribution in [1.82, 2.24) is 19.8 Å². The second kappa shape index (κ2) is 10.3. The van der Waals surface area contributed by atoms with Gasteiger partial charge in [-0.05, 0) is 37.5 Å². The number of halogens is 2. The van der Waals surface area contributed by atoms with Crippen molar-refractivity contribution >= 4 is 17.4 Å². The van der Waals surface area contributed by atoms with Gasteiger partial charge in [0.15, 0.2) is 17.0 Å². The number of anilines is 2. The number of piperidine rings is 1. The molecule has 2 aromatic rings. The lowest BCUT2D eigenvalue weighted by molar-refractivity contribution is -0.260. The van der Waals surface area contributed by atoms with Crippen molar-refractivity contribution in [3.63, 3.8) is 0 Å². The summed E-state index contributed by atoms with van der Waals surface area (Å²) in [6.45, 7) is 12.0. The van der Waals surface area contributed by atoms with Gasteiger partial charge in [0.05, 0.1) is 31.2 Å². The van der Waals surface area contributed by atoms with Gasteiger partial charge in [-0.3, -0.25) is 14.7 Å². The highest BCUT2D eigenvalue weighted by Crippen LogP contribution is 2.55. The molecular formula is C32H38F2N6O4. The van der Waals surface area contributed by atoms with Crippen LogP contribution in [0.5, 0.6) is 5.75 Å². The Morgan fingerprint density at radius 1 is 1.11 bits per heavy atom. The minimum atomic E-state index is -2.75. The van der Waals surface area contributed by atoms with Gasteiger partial charge in [0.25, 0.3) is 6.43 Å². The number of hydrogen-bond donors (Lipinski definition) is 0. The van der Waals surface area contributed by atoms with Crippen LogP contribution in [0.15, 0.2) is 31.0 Å².